The Balaban J connectivity index is 1.36. The summed E-state index contributed by atoms with van der Waals surface area (Å²) in [7, 11) is 1.86. The van der Waals surface area contributed by atoms with E-state index in [9.17, 15) is 9.18 Å². The third kappa shape index (κ3) is 4.36. The second kappa shape index (κ2) is 9.16. The first-order valence-electron chi connectivity index (χ1n) is 11.1. The van der Waals surface area contributed by atoms with E-state index in [1.54, 1.807) is 10.7 Å². The Bertz CT molecular complexity index is 874. The molecule has 1 aromatic heterocycles. The summed E-state index contributed by atoms with van der Waals surface area (Å²) in [4.78, 5) is 19.7. The van der Waals surface area contributed by atoms with Crippen LogP contribution in [0.5, 0.6) is 0 Å². The summed E-state index contributed by atoms with van der Waals surface area (Å²) >= 11 is 0. The molecule has 0 spiro atoms. The monoisotopic (exact) mass is 413 g/mol. The molecule has 1 atom stereocenters. The van der Waals surface area contributed by atoms with E-state index >= 15 is 0 Å². The molecule has 2 fully saturated rings. The van der Waals surface area contributed by atoms with Crippen molar-refractivity contribution in [3.8, 4) is 0 Å². The third-order valence-electron chi connectivity index (χ3n) is 6.36. The van der Waals surface area contributed by atoms with E-state index in [1.807, 2.05) is 30.1 Å². The number of benzene rings is 1. The highest BCUT2D eigenvalue weighted by atomic mass is 19.1. The first kappa shape index (κ1) is 20.8. The number of amides is 1. The number of piperazine rings is 1. The molecule has 162 valence electrons. The van der Waals surface area contributed by atoms with Crippen LogP contribution in [0.25, 0.3) is 0 Å². The number of hydrogen-bond donors (Lipinski definition) is 0. The molecule has 2 saturated heterocycles. The topological polar surface area (TPSA) is 44.6 Å². The van der Waals surface area contributed by atoms with E-state index in [2.05, 4.69) is 21.8 Å². The lowest BCUT2D eigenvalue weighted by Gasteiger charge is -2.44. The zero-order valence-electron chi connectivity index (χ0n) is 18.1. The standard InChI is InChI=1S/C23H32FN5O/c1-3-7-18-16-22(26(2)25-18)23(30)29-11-6-8-19(17-29)27-12-14-28(15-13-27)21-10-5-4-9-20(21)24/h4-5,9-10,16,19H,3,6-8,11-15,17H2,1-2H3/t19-/m1/s1. The molecule has 2 aliphatic rings. The summed E-state index contributed by atoms with van der Waals surface area (Å²) in [5, 5.41) is 4.49. The molecule has 0 saturated carbocycles. The molecule has 0 bridgehead atoms. The maximum atomic E-state index is 14.1. The molecule has 7 heteroatoms. The average molecular weight is 414 g/mol. The summed E-state index contributed by atoms with van der Waals surface area (Å²) < 4.78 is 15.8. The fraction of sp³-hybridized carbons (Fsp3) is 0.565. The molecule has 2 aromatic rings. The van der Waals surface area contributed by atoms with Gasteiger partial charge < -0.3 is 9.80 Å². The van der Waals surface area contributed by atoms with Crippen molar-refractivity contribution in [3.63, 3.8) is 0 Å². The van der Waals surface area contributed by atoms with E-state index < -0.39 is 0 Å². The van der Waals surface area contributed by atoms with Gasteiger partial charge in [-0.1, -0.05) is 25.5 Å². The molecule has 1 amide bonds. The quantitative estimate of drug-likeness (QED) is 0.756. The van der Waals surface area contributed by atoms with E-state index in [-0.39, 0.29) is 11.7 Å². The largest absolute Gasteiger partial charge is 0.367 e. The molecule has 0 unspecified atom stereocenters. The maximum Gasteiger partial charge on any atom is 0.272 e. The zero-order valence-corrected chi connectivity index (χ0v) is 18.1. The number of anilines is 1. The van der Waals surface area contributed by atoms with E-state index in [1.165, 1.54) is 6.07 Å². The third-order valence-corrected chi connectivity index (χ3v) is 6.36. The van der Waals surface area contributed by atoms with Crippen molar-refractivity contribution in [2.75, 3.05) is 44.2 Å². The van der Waals surface area contributed by atoms with Crippen LogP contribution >= 0.6 is 0 Å². The molecule has 30 heavy (non-hydrogen) atoms. The summed E-state index contributed by atoms with van der Waals surface area (Å²) in [6.07, 6.45) is 4.05. The zero-order chi connectivity index (χ0) is 21.1. The van der Waals surface area contributed by atoms with Crippen LogP contribution in [0.15, 0.2) is 30.3 Å². The highest BCUT2D eigenvalue weighted by Crippen LogP contribution is 2.24. The molecule has 3 heterocycles. The fourth-order valence-electron chi connectivity index (χ4n) is 4.74. The number of nitrogens with zero attached hydrogens (tertiary/aromatic N) is 5. The smallest absolute Gasteiger partial charge is 0.272 e. The number of para-hydroxylation sites is 1. The lowest BCUT2D eigenvalue weighted by Crippen LogP contribution is -2.56. The maximum absolute atomic E-state index is 14.1. The van der Waals surface area contributed by atoms with Crippen molar-refractivity contribution in [2.24, 2.45) is 7.05 Å². The van der Waals surface area contributed by atoms with Gasteiger partial charge in [0.15, 0.2) is 0 Å². The number of halogens is 1. The molecule has 0 N–H and O–H groups in total. The summed E-state index contributed by atoms with van der Waals surface area (Å²) in [6.45, 7) is 7.10. The molecule has 0 radical (unpaired) electrons. The Labute approximate surface area is 178 Å². The molecular formula is C23H32FN5O. The first-order chi connectivity index (χ1) is 14.6. The number of aryl methyl sites for hydroxylation is 2. The summed E-state index contributed by atoms with van der Waals surface area (Å²) in [5.74, 6) is -0.0685. The minimum absolute atomic E-state index is 0.0852. The SMILES string of the molecule is CCCc1cc(C(=O)N2CCC[C@@H](N3CCN(c4ccccc4F)CC3)C2)n(C)n1. The minimum atomic E-state index is -0.154. The Morgan fingerprint density at radius 2 is 1.93 bits per heavy atom. The van der Waals surface area contributed by atoms with Crippen LogP contribution in [0.4, 0.5) is 10.1 Å². The Hall–Kier alpha value is -2.41. The molecule has 6 nitrogen and oxygen atoms in total. The van der Waals surface area contributed by atoms with Crippen LogP contribution in [0, 0.1) is 5.82 Å². The normalized spacial score (nSPS) is 20.6. The fourth-order valence-corrected chi connectivity index (χ4v) is 4.74. The van der Waals surface area contributed by atoms with Crippen LogP contribution in [0.1, 0.15) is 42.4 Å². The molecule has 0 aliphatic carbocycles. The van der Waals surface area contributed by atoms with Gasteiger partial charge in [0.2, 0.25) is 0 Å². The minimum Gasteiger partial charge on any atom is -0.367 e. The highest BCUT2D eigenvalue weighted by Gasteiger charge is 2.31. The predicted octanol–water partition coefficient (Wildman–Crippen LogP) is 2.94. The first-order valence-corrected chi connectivity index (χ1v) is 11.1. The lowest BCUT2D eigenvalue weighted by molar-refractivity contribution is 0.0553. The van der Waals surface area contributed by atoms with Crippen molar-refractivity contribution in [2.45, 2.75) is 38.6 Å². The van der Waals surface area contributed by atoms with Crippen molar-refractivity contribution < 1.29 is 9.18 Å². The van der Waals surface area contributed by atoms with Gasteiger partial charge in [0, 0.05) is 52.4 Å². The van der Waals surface area contributed by atoms with Crippen LogP contribution < -0.4 is 4.90 Å². The van der Waals surface area contributed by atoms with Crippen molar-refractivity contribution in [3.05, 3.63) is 47.5 Å². The van der Waals surface area contributed by atoms with E-state index in [0.29, 0.717) is 17.4 Å². The molecular weight excluding hydrogens is 381 g/mol. The Morgan fingerprint density at radius 3 is 2.67 bits per heavy atom. The Morgan fingerprint density at radius 1 is 1.17 bits per heavy atom. The van der Waals surface area contributed by atoms with Gasteiger partial charge in [-0.3, -0.25) is 14.4 Å². The van der Waals surface area contributed by atoms with Gasteiger partial charge in [-0.2, -0.15) is 5.10 Å². The number of aromatic nitrogens is 2. The second-order valence-corrected chi connectivity index (χ2v) is 8.42. The van der Waals surface area contributed by atoms with E-state index in [0.717, 1.165) is 70.6 Å². The molecule has 2 aliphatic heterocycles. The van der Waals surface area contributed by atoms with E-state index in [4.69, 9.17) is 0 Å². The number of carbonyl (C=O) groups is 1. The van der Waals surface area contributed by atoms with Crippen LogP contribution in [-0.4, -0.2) is 70.8 Å². The number of likely N-dealkylation sites (tertiary alicyclic amines) is 1. The number of hydrogen-bond acceptors (Lipinski definition) is 4. The van der Waals surface area contributed by atoms with Crippen molar-refractivity contribution in [1.82, 2.24) is 19.6 Å². The predicted molar refractivity (Wildman–Crippen MR) is 116 cm³/mol. The van der Waals surface area contributed by atoms with Gasteiger partial charge in [-0.05, 0) is 37.5 Å². The average Bonchev–Trinajstić information content (AvgIpc) is 3.14. The number of carbonyl (C=O) groups excluding carboxylic acids is 1. The number of rotatable bonds is 5. The lowest BCUT2D eigenvalue weighted by atomic mass is 10.0. The van der Waals surface area contributed by atoms with Gasteiger partial charge in [0.25, 0.3) is 5.91 Å². The molecule has 1 aromatic carbocycles. The Kier molecular flexibility index (Phi) is 6.37. The second-order valence-electron chi connectivity index (χ2n) is 8.42. The van der Waals surface area contributed by atoms with Crippen LogP contribution in [-0.2, 0) is 13.5 Å². The van der Waals surface area contributed by atoms with Gasteiger partial charge in [-0.15, -0.1) is 0 Å². The van der Waals surface area contributed by atoms with Crippen LogP contribution in [0.2, 0.25) is 0 Å². The molecule has 4 rings (SSSR count). The van der Waals surface area contributed by atoms with Crippen molar-refractivity contribution >= 4 is 11.6 Å². The van der Waals surface area contributed by atoms with Gasteiger partial charge in [-0.25, -0.2) is 4.39 Å². The summed E-state index contributed by atoms with van der Waals surface area (Å²) in [5.41, 5.74) is 2.36. The number of piperidine rings is 1. The van der Waals surface area contributed by atoms with Gasteiger partial charge in [0.05, 0.1) is 11.4 Å². The van der Waals surface area contributed by atoms with Gasteiger partial charge >= 0.3 is 0 Å². The highest BCUT2D eigenvalue weighted by molar-refractivity contribution is 5.92. The van der Waals surface area contributed by atoms with Crippen LogP contribution in [0.3, 0.4) is 0 Å². The van der Waals surface area contributed by atoms with Gasteiger partial charge in [0.1, 0.15) is 11.5 Å². The summed E-state index contributed by atoms with van der Waals surface area (Å²) in [6, 6.07) is 9.32. The van der Waals surface area contributed by atoms with Crippen molar-refractivity contribution in [1.29, 1.82) is 0 Å².